The first-order valence-electron chi connectivity index (χ1n) is 6.66. The van der Waals surface area contributed by atoms with Gasteiger partial charge in [-0.15, -0.1) is 0 Å². The minimum Gasteiger partial charge on any atom is -0.384 e. The maximum absolute atomic E-state index is 11.8. The smallest absolute Gasteiger partial charge is 0.248 e. The lowest BCUT2D eigenvalue weighted by Gasteiger charge is -2.17. The molecule has 0 unspecified atom stereocenters. The van der Waals surface area contributed by atoms with Gasteiger partial charge in [-0.05, 0) is 17.7 Å². The van der Waals surface area contributed by atoms with Gasteiger partial charge in [0.05, 0.1) is 13.2 Å². The number of carbonyl (C=O) groups is 1. The lowest BCUT2D eigenvalue weighted by atomic mass is 10.1. The largest absolute Gasteiger partial charge is 0.384 e. The van der Waals surface area contributed by atoms with Gasteiger partial charge in [-0.25, -0.2) is 0 Å². The second-order valence-electron chi connectivity index (χ2n) is 4.45. The number of hydrogen-bond donors (Lipinski definition) is 1. The Morgan fingerprint density at radius 1 is 1.29 bits per heavy atom. The number of benzene rings is 1. The van der Waals surface area contributed by atoms with Gasteiger partial charge >= 0.3 is 0 Å². The molecule has 0 saturated heterocycles. The average Bonchev–Trinajstić information content (AvgIpc) is 2.50. The molecule has 1 N–H and O–H groups in total. The molecule has 0 saturated carbocycles. The third kappa shape index (κ3) is 6.91. The van der Waals surface area contributed by atoms with Gasteiger partial charge in [0.2, 0.25) is 5.91 Å². The van der Waals surface area contributed by atoms with Crippen molar-refractivity contribution in [2.24, 2.45) is 0 Å². The third-order valence-corrected chi connectivity index (χ3v) is 2.77. The van der Waals surface area contributed by atoms with Crippen molar-refractivity contribution >= 4 is 5.91 Å². The fourth-order valence-corrected chi connectivity index (χ4v) is 1.61. The normalized spacial score (nSPS) is 9.86. The van der Waals surface area contributed by atoms with Crippen LogP contribution in [0.15, 0.2) is 24.3 Å². The van der Waals surface area contributed by atoms with Gasteiger partial charge in [-0.1, -0.05) is 24.0 Å². The molecule has 0 aliphatic carbocycles. The molecule has 0 spiro atoms. The maximum atomic E-state index is 11.8. The molecule has 1 aromatic rings. The van der Waals surface area contributed by atoms with Gasteiger partial charge in [0.15, 0.2) is 0 Å². The molecular formula is C16H21NO4. The first-order valence-corrected chi connectivity index (χ1v) is 6.66. The van der Waals surface area contributed by atoms with Crippen LogP contribution in [0.1, 0.15) is 11.1 Å². The monoisotopic (exact) mass is 291 g/mol. The molecule has 0 aliphatic rings. The van der Waals surface area contributed by atoms with Crippen molar-refractivity contribution in [3.8, 4) is 11.8 Å². The van der Waals surface area contributed by atoms with E-state index >= 15 is 0 Å². The van der Waals surface area contributed by atoms with Gasteiger partial charge in [0.25, 0.3) is 0 Å². The van der Waals surface area contributed by atoms with Crippen molar-refractivity contribution < 1.29 is 19.4 Å². The Morgan fingerprint density at radius 3 is 2.62 bits per heavy atom. The maximum Gasteiger partial charge on any atom is 0.248 e. The fourth-order valence-electron chi connectivity index (χ4n) is 1.61. The van der Waals surface area contributed by atoms with E-state index in [1.807, 2.05) is 24.3 Å². The number of nitrogens with zero attached hydrogens (tertiary/aromatic N) is 1. The van der Waals surface area contributed by atoms with Crippen LogP contribution in [-0.2, 0) is 20.8 Å². The van der Waals surface area contributed by atoms with E-state index in [9.17, 15) is 4.79 Å². The second-order valence-corrected chi connectivity index (χ2v) is 4.45. The number of aliphatic hydroxyl groups is 1. The molecule has 0 bridgehead atoms. The molecule has 0 radical (unpaired) electrons. The molecule has 0 aromatic heterocycles. The average molecular weight is 291 g/mol. The number of hydrogen-bond acceptors (Lipinski definition) is 4. The number of rotatable bonds is 7. The molecule has 0 heterocycles. The van der Waals surface area contributed by atoms with Gasteiger partial charge in [-0.3, -0.25) is 4.79 Å². The van der Waals surface area contributed by atoms with Crippen LogP contribution in [0.3, 0.4) is 0 Å². The molecule has 21 heavy (non-hydrogen) atoms. The zero-order chi connectivity index (χ0) is 15.5. The summed E-state index contributed by atoms with van der Waals surface area (Å²) in [7, 11) is 3.33. The molecule has 0 aliphatic heterocycles. The quantitative estimate of drug-likeness (QED) is 0.592. The molecule has 1 aromatic carbocycles. The zero-order valence-electron chi connectivity index (χ0n) is 12.5. The first kappa shape index (κ1) is 17.2. The molecule has 1 amide bonds. The summed E-state index contributed by atoms with van der Waals surface area (Å²) in [6.07, 6.45) is 0. The molecule has 5 nitrogen and oxygen atoms in total. The fraction of sp³-hybridized carbons (Fsp3) is 0.438. The lowest BCUT2D eigenvalue weighted by Crippen LogP contribution is -2.30. The summed E-state index contributed by atoms with van der Waals surface area (Å²) in [5.41, 5.74) is 1.85. The third-order valence-electron chi connectivity index (χ3n) is 2.77. The van der Waals surface area contributed by atoms with Crippen molar-refractivity contribution in [1.82, 2.24) is 4.90 Å². The summed E-state index contributed by atoms with van der Waals surface area (Å²) in [6, 6.07) is 7.56. The van der Waals surface area contributed by atoms with Gasteiger partial charge in [-0.2, -0.15) is 0 Å². The van der Waals surface area contributed by atoms with Crippen LogP contribution in [0.2, 0.25) is 0 Å². The van der Waals surface area contributed by atoms with E-state index in [0.717, 1.165) is 11.1 Å². The zero-order valence-corrected chi connectivity index (χ0v) is 12.5. The van der Waals surface area contributed by atoms with Crippen LogP contribution in [-0.4, -0.2) is 56.5 Å². The minimum absolute atomic E-state index is 0.0555. The number of methoxy groups -OCH3 is 1. The Labute approximate surface area is 125 Å². The number of likely N-dealkylation sites (N-methyl/N-ethyl adjacent to an activating group) is 1. The summed E-state index contributed by atoms with van der Waals surface area (Å²) in [5.74, 6) is 5.34. The van der Waals surface area contributed by atoms with Crippen LogP contribution in [0.5, 0.6) is 0 Å². The van der Waals surface area contributed by atoms with Crippen molar-refractivity contribution in [2.75, 3.05) is 40.6 Å². The molecular weight excluding hydrogens is 270 g/mol. The predicted molar refractivity (Wildman–Crippen MR) is 79.6 cm³/mol. The lowest BCUT2D eigenvalue weighted by molar-refractivity contribution is -0.135. The Morgan fingerprint density at radius 2 is 2.00 bits per heavy atom. The van der Waals surface area contributed by atoms with Crippen LogP contribution < -0.4 is 0 Å². The number of carbonyl (C=O) groups excluding carboxylic acids is 1. The SMILES string of the molecule is COCCOCC(=O)N(C)Cc1ccc(C#CCO)cc1. The number of ether oxygens (including phenoxy) is 2. The first-order chi connectivity index (χ1) is 10.2. The highest BCUT2D eigenvalue weighted by atomic mass is 16.5. The Hall–Kier alpha value is -1.87. The molecule has 0 atom stereocenters. The Balaban J connectivity index is 2.43. The predicted octanol–water partition coefficient (Wildman–Crippen LogP) is 0.652. The van der Waals surface area contributed by atoms with E-state index in [1.54, 1.807) is 19.1 Å². The molecule has 1 rings (SSSR count). The van der Waals surface area contributed by atoms with Crippen molar-refractivity contribution in [3.05, 3.63) is 35.4 Å². The summed E-state index contributed by atoms with van der Waals surface area (Å²) in [6.45, 7) is 1.31. The highest BCUT2D eigenvalue weighted by Crippen LogP contribution is 2.06. The standard InChI is InChI=1S/C16H21NO4/c1-17(16(19)13-21-11-10-20-2)12-15-7-5-14(6-8-15)4-3-9-18/h5-8,18H,9-13H2,1-2H3. The minimum atomic E-state index is -0.151. The highest BCUT2D eigenvalue weighted by molar-refractivity contribution is 5.77. The molecule has 5 heteroatoms. The van der Waals surface area contributed by atoms with Crippen LogP contribution in [0, 0.1) is 11.8 Å². The summed E-state index contributed by atoms with van der Waals surface area (Å²) < 4.78 is 10.0. The van der Waals surface area contributed by atoms with E-state index in [0.29, 0.717) is 19.8 Å². The topological polar surface area (TPSA) is 59.0 Å². The number of aliphatic hydroxyl groups excluding tert-OH is 1. The molecule has 0 fully saturated rings. The van der Waals surface area contributed by atoms with Gasteiger partial charge in [0.1, 0.15) is 13.2 Å². The second kappa shape index (κ2) is 9.94. The van der Waals surface area contributed by atoms with E-state index < -0.39 is 0 Å². The van der Waals surface area contributed by atoms with E-state index in [2.05, 4.69) is 11.8 Å². The van der Waals surface area contributed by atoms with Crippen LogP contribution in [0.25, 0.3) is 0 Å². The highest BCUT2D eigenvalue weighted by Gasteiger charge is 2.09. The summed E-state index contributed by atoms with van der Waals surface area (Å²) in [5, 5.41) is 8.63. The van der Waals surface area contributed by atoms with Crippen molar-refractivity contribution in [1.29, 1.82) is 0 Å². The summed E-state index contributed by atoms with van der Waals surface area (Å²) >= 11 is 0. The Bertz CT molecular complexity index is 487. The van der Waals surface area contributed by atoms with E-state index in [1.165, 1.54) is 0 Å². The van der Waals surface area contributed by atoms with Crippen LogP contribution in [0.4, 0.5) is 0 Å². The van der Waals surface area contributed by atoms with Crippen molar-refractivity contribution in [2.45, 2.75) is 6.54 Å². The summed E-state index contributed by atoms with van der Waals surface area (Å²) in [4.78, 5) is 13.4. The van der Waals surface area contributed by atoms with Gasteiger partial charge in [0, 0.05) is 26.3 Å². The van der Waals surface area contributed by atoms with Crippen molar-refractivity contribution in [3.63, 3.8) is 0 Å². The van der Waals surface area contributed by atoms with Crippen LogP contribution >= 0.6 is 0 Å². The Kier molecular flexibility index (Phi) is 8.14. The van der Waals surface area contributed by atoms with Gasteiger partial charge < -0.3 is 19.5 Å². The number of amides is 1. The van der Waals surface area contributed by atoms with E-state index in [4.69, 9.17) is 14.6 Å². The van der Waals surface area contributed by atoms with E-state index in [-0.39, 0.29) is 19.1 Å². The molecule has 114 valence electrons.